The summed E-state index contributed by atoms with van der Waals surface area (Å²) < 4.78 is 65.9. The number of aromatic amines is 1. The zero-order chi connectivity index (χ0) is 30.1. The van der Waals surface area contributed by atoms with Crippen molar-refractivity contribution in [2.24, 2.45) is 5.73 Å². The van der Waals surface area contributed by atoms with Crippen molar-refractivity contribution in [2.75, 3.05) is 44.8 Å². The number of amides is 1. The van der Waals surface area contributed by atoms with E-state index >= 15 is 0 Å². The van der Waals surface area contributed by atoms with Gasteiger partial charge in [-0.25, -0.2) is 17.2 Å². The molecule has 0 spiro atoms. The predicted octanol–water partition coefficient (Wildman–Crippen LogP) is 3.86. The van der Waals surface area contributed by atoms with Crippen LogP contribution in [0.15, 0.2) is 58.3 Å². The SMILES string of the molecule is NC(=O)c1ccc(CN2CCOCC2)c(-c2n[nH]c3ccc(S(=O)(=O)c4cc(F)cc(F)c4)cc23)c1NC1CCOCC1. The number of anilines is 1. The number of morpholine rings is 1. The standard InChI is InChI=1S/C30H31F2N5O5S/c31-19-13-20(32)15-23(14-19)43(39,40)22-2-4-26-25(16-22)29(36-35-26)27-18(17-37-7-11-42-12-8-37)1-3-24(30(33)38)28(27)34-21-5-9-41-10-6-21/h1-4,13-16,21,34H,5-12,17H2,(H2,33,38)(H,35,36). The lowest BCUT2D eigenvalue weighted by atomic mass is 9.94. The molecule has 4 N–H and O–H groups in total. The number of benzene rings is 3. The van der Waals surface area contributed by atoms with E-state index in [4.69, 9.17) is 15.2 Å². The lowest BCUT2D eigenvalue weighted by Crippen LogP contribution is -2.36. The van der Waals surface area contributed by atoms with E-state index in [0.717, 1.165) is 30.5 Å². The molecule has 3 aromatic carbocycles. The fourth-order valence-corrected chi connectivity index (χ4v) is 6.95. The summed E-state index contributed by atoms with van der Waals surface area (Å²) in [7, 11) is -4.29. The molecule has 1 amide bonds. The molecule has 2 aliphatic rings. The smallest absolute Gasteiger partial charge is 0.250 e. The number of hydrogen-bond acceptors (Lipinski definition) is 8. The fourth-order valence-electron chi connectivity index (χ4n) is 5.62. The minimum atomic E-state index is -4.29. The van der Waals surface area contributed by atoms with Crippen molar-refractivity contribution in [3.63, 3.8) is 0 Å². The molecule has 13 heteroatoms. The first kappa shape index (κ1) is 29.2. The van der Waals surface area contributed by atoms with Crippen LogP contribution in [0.25, 0.3) is 22.2 Å². The van der Waals surface area contributed by atoms with Crippen LogP contribution < -0.4 is 11.1 Å². The quantitative estimate of drug-likeness (QED) is 0.273. The van der Waals surface area contributed by atoms with Crippen molar-refractivity contribution in [2.45, 2.75) is 35.2 Å². The van der Waals surface area contributed by atoms with Crippen LogP contribution >= 0.6 is 0 Å². The number of nitrogens with two attached hydrogens (primary N) is 1. The Morgan fingerprint density at radius 3 is 2.37 bits per heavy atom. The normalized spacial score (nSPS) is 16.9. The number of carbonyl (C=O) groups is 1. The number of aromatic nitrogens is 2. The maximum absolute atomic E-state index is 14.0. The van der Waals surface area contributed by atoms with Crippen LogP contribution in [0.1, 0.15) is 28.8 Å². The number of nitrogens with zero attached hydrogens (tertiary/aromatic N) is 2. The zero-order valence-corrected chi connectivity index (χ0v) is 24.1. The number of fused-ring (bicyclic) bond motifs is 1. The molecular weight excluding hydrogens is 580 g/mol. The van der Waals surface area contributed by atoms with Gasteiger partial charge in [0.25, 0.3) is 5.91 Å². The summed E-state index contributed by atoms with van der Waals surface area (Å²) in [6.45, 7) is 4.28. The first-order valence-electron chi connectivity index (χ1n) is 14.0. The van der Waals surface area contributed by atoms with Crippen molar-refractivity contribution in [3.8, 4) is 11.3 Å². The molecule has 0 bridgehead atoms. The molecule has 2 aliphatic heterocycles. The summed E-state index contributed by atoms with van der Waals surface area (Å²) >= 11 is 0. The predicted molar refractivity (Wildman–Crippen MR) is 155 cm³/mol. The molecule has 10 nitrogen and oxygen atoms in total. The average Bonchev–Trinajstić information content (AvgIpc) is 3.41. The summed E-state index contributed by atoms with van der Waals surface area (Å²) in [5.74, 6) is -2.61. The third kappa shape index (κ3) is 5.98. The first-order chi connectivity index (χ1) is 20.7. The molecule has 2 saturated heterocycles. The molecule has 1 aromatic heterocycles. The molecule has 0 unspecified atom stereocenters. The van der Waals surface area contributed by atoms with Crippen LogP contribution in [0.4, 0.5) is 14.5 Å². The van der Waals surface area contributed by atoms with Gasteiger partial charge in [-0.2, -0.15) is 5.10 Å². The van der Waals surface area contributed by atoms with Crippen molar-refractivity contribution < 1.29 is 31.5 Å². The maximum Gasteiger partial charge on any atom is 0.250 e. The van der Waals surface area contributed by atoms with Gasteiger partial charge in [0.15, 0.2) is 0 Å². The fraction of sp³-hybridized carbons (Fsp3) is 0.333. The number of carbonyl (C=O) groups excluding carboxylic acids is 1. The number of ether oxygens (including phenoxy) is 2. The molecule has 0 radical (unpaired) electrons. The van der Waals surface area contributed by atoms with Crippen molar-refractivity contribution in [1.29, 1.82) is 0 Å². The number of primary amides is 1. The van der Waals surface area contributed by atoms with Crippen molar-refractivity contribution in [1.82, 2.24) is 15.1 Å². The zero-order valence-electron chi connectivity index (χ0n) is 23.2. The number of rotatable bonds is 8. The monoisotopic (exact) mass is 611 g/mol. The molecule has 0 saturated carbocycles. The molecule has 226 valence electrons. The Balaban J connectivity index is 1.53. The average molecular weight is 612 g/mol. The Bertz CT molecular complexity index is 1760. The van der Waals surface area contributed by atoms with Crippen molar-refractivity contribution in [3.05, 3.63) is 71.3 Å². The second-order valence-corrected chi connectivity index (χ2v) is 12.6. The Morgan fingerprint density at radius 2 is 1.67 bits per heavy atom. The summed E-state index contributed by atoms with van der Waals surface area (Å²) in [5, 5.41) is 11.6. The minimum absolute atomic E-state index is 0.00764. The Morgan fingerprint density at radius 1 is 0.977 bits per heavy atom. The number of H-pyrrole nitrogens is 1. The second kappa shape index (κ2) is 12.0. The molecule has 3 heterocycles. The molecular formula is C30H31F2N5O5S. The van der Waals surface area contributed by atoms with E-state index in [-0.39, 0.29) is 16.5 Å². The van der Waals surface area contributed by atoms with Crippen LogP contribution in [0.3, 0.4) is 0 Å². The Labute approximate surface area is 247 Å². The summed E-state index contributed by atoms with van der Waals surface area (Å²) in [4.78, 5) is 14.3. The van der Waals surface area contributed by atoms with E-state index < -0.39 is 32.3 Å². The van der Waals surface area contributed by atoms with Crippen LogP contribution in [0.5, 0.6) is 0 Å². The third-order valence-corrected chi connectivity index (χ3v) is 9.58. The maximum atomic E-state index is 14.0. The van der Waals surface area contributed by atoms with Crippen molar-refractivity contribution >= 4 is 32.3 Å². The third-order valence-electron chi connectivity index (χ3n) is 7.85. The highest BCUT2D eigenvalue weighted by Gasteiger charge is 2.27. The Hall–Kier alpha value is -3.91. The first-order valence-corrected chi connectivity index (χ1v) is 15.5. The van der Waals surface area contributed by atoms with E-state index in [1.165, 1.54) is 12.1 Å². The van der Waals surface area contributed by atoms with E-state index in [1.54, 1.807) is 12.1 Å². The van der Waals surface area contributed by atoms with Gasteiger partial charge in [-0.05, 0) is 54.8 Å². The van der Waals surface area contributed by atoms with Gasteiger partial charge in [-0.3, -0.25) is 14.8 Å². The van der Waals surface area contributed by atoms with Gasteiger partial charge in [-0.1, -0.05) is 6.07 Å². The molecule has 43 heavy (non-hydrogen) atoms. The second-order valence-electron chi connectivity index (χ2n) is 10.7. The summed E-state index contributed by atoms with van der Waals surface area (Å²) in [5.41, 5.74) is 9.08. The van der Waals surface area contributed by atoms with Gasteiger partial charge in [0, 0.05) is 55.9 Å². The Kier molecular flexibility index (Phi) is 8.14. The molecule has 2 fully saturated rings. The highest BCUT2D eigenvalue weighted by molar-refractivity contribution is 7.91. The van der Waals surface area contributed by atoms with Crippen LogP contribution in [-0.4, -0.2) is 75.0 Å². The molecule has 0 aliphatic carbocycles. The lowest BCUT2D eigenvalue weighted by Gasteiger charge is -2.30. The molecule has 6 rings (SSSR count). The van der Waals surface area contributed by atoms with Gasteiger partial charge in [-0.15, -0.1) is 0 Å². The van der Waals surface area contributed by atoms with E-state index in [9.17, 15) is 22.0 Å². The van der Waals surface area contributed by atoms with Gasteiger partial charge in [0.2, 0.25) is 9.84 Å². The van der Waals surface area contributed by atoms with E-state index in [1.807, 2.05) is 6.07 Å². The molecule has 4 aromatic rings. The largest absolute Gasteiger partial charge is 0.381 e. The van der Waals surface area contributed by atoms with Crippen LogP contribution in [-0.2, 0) is 25.9 Å². The van der Waals surface area contributed by atoms with Gasteiger partial charge < -0.3 is 20.5 Å². The summed E-state index contributed by atoms with van der Waals surface area (Å²) in [6, 6.07) is 10.1. The highest BCUT2D eigenvalue weighted by Crippen LogP contribution is 2.40. The van der Waals surface area contributed by atoms with Gasteiger partial charge in [0.1, 0.15) is 17.3 Å². The van der Waals surface area contributed by atoms with E-state index in [0.29, 0.717) is 80.0 Å². The topological polar surface area (TPSA) is 140 Å². The summed E-state index contributed by atoms with van der Waals surface area (Å²) in [6.07, 6.45) is 1.44. The lowest BCUT2D eigenvalue weighted by molar-refractivity contribution is 0.0342. The number of sulfone groups is 1. The number of hydrogen-bond donors (Lipinski definition) is 3. The van der Waals surface area contributed by atoms with Gasteiger partial charge in [0.05, 0.1) is 39.8 Å². The van der Waals surface area contributed by atoms with Crippen LogP contribution in [0.2, 0.25) is 0 Å². The number of halogens is 2. The number of nitrogens with one attached hydrogen (secondary N) is 2. The molecule has 0 atom stereocenters. The minimum Gasteiger partial charge on any atom is -0.381 e. The van der Waals surface area contributed by atoms with Gasteiger partial charge >= 0.3 is 0 Å². The van der Waals surface area contributed by atoms with E-state index in [2.05, 4.69) is 20.4 Å². The highest BCUT2D eigenvalue weighted by atomic mass is 32.2. The van der Waals surface area contributed by atoms with Crippen LogP contribution in [0, 0.1) is 11.6 Å².